The molecule has 0 atom stereocenters. The van der Waals surface area contributed by atoms with Gasteiger partial charge in [0.1, 0.15) is 0 Å². The highest BCUT2D eigenvalue weighted by Gasteiger charge is 2.11. The van der Waals surface area contributed by atoms with Crippen molar-refractivity contribution in [3.63, 3.8) is 0 Å². The van der Waals surface area contributed by atoms with Crippen molar-refractivity contribution in [2.75, 3.05) is 0 Å². The van der Waals surface area contributed by atoms with Crippen LogP contribution in [0.4, 0.5) is 0 Å². The molecule has 1 aliphatic rings. The van der Waals surface area contributed by atoms with E-state index in [1.807, 2.05) is 0 Å². The van der Waals surface area contributed by atoms with Crippen molar-refractivity contribution in [3.8, 4) is 0 Å². The maximum absolute atomic E-state index is 3.50. The monoisotopic (exact) mass is 236 g/mol. The van der Waals surface area contributed by atoms with E-state index in [0.717, 1.165) is 6.42 Å². The Labute approximate surface area is 87.8 Å². The van der Waals surface area contributed by atoms with Crippen molar-refractivity contribution < 1.29 is 0 Å². The maximum atomic E-state index is 3.50. The minimum absolute atomic E-state index is 1.16. The summed E-state index contributed by atoms with van der Waals surface area (Å²) in [4.78, 5) is 0. The average molecular weight is 237 g/mol. The highest BCUT2D eigenvalue weighted by Crippen LogP contribution is 2.29. The van der Waals surface area contributed by atoms with Gasteiger partial charge in [0.05, 0.1) is 0 Å². The molecule has 0 amide bonds. The molecule has 0 unspecified atom stereocenters. The van der Waals surface area contributed by atoms with Crippen molar-refractivity contribution >= 4 is 22.0 Å². The van der Waals surface area contributed by atoms with Gasteiger partial charge in [-0.15, -0.1) is 0 Å². The molecular weight excluding hydrogens is 224 g/mol. The molecule has 0 radical (unpaired) electrons. The van der Waals surface area contributed by atoms with Gasteiger partial charge in [-0.05, 0) is 36.1 Å². The molecule has 68 valence electrons. The molecule has 2 rings (SSSR count). The van der Waals surface area contributed by atoms with Gasteiger partial charge in [0.25, 0.3) is 0 Å². The molecule has 1 aromatic rings. The lowest BCUT2D eigenvalue weighted by Crippen LogP contribution is -1.84. The Morgan fingerprint density at radius 2 is 2.23 bits per heavy atom. The second-order valence-electron chi connectivity index (χ2n) is 3.57. The minimum atomic E-state index is 1.16. The Kier molecular flexibility index (Phi) is 2.54. The molecule has 1 heteroatoms. The van der Waals surface area contributed by atoms with Crippen LogP contribution in [0.25, 0.3) is 6.08 Å². The Morgan fingerprint density at radius 3 is 3.00 bits per heavy atom. The van der Waals surface area contributed by atoms with Crippen LogP contribution in [0.15, 0.2) is 28.2 Å². The van der Waals surface area contributed by atoms with Crippen LogP contribution in [0.3, 0.4) is 0 Å². The summed E-state index contributed by atoms with van der Waals surface area (Å²) in [6.07, 6.45) is 5.99. The molecule has 13 heavy (non-hydrogen) atoms. The van der Waals surface area contributed by atoms with Gasteiger partial charge >= 0.3 is 0 Å². The van der Waals surface area contributed by atoms with Crippen LogP contribution in [0.1, 0.15) is 30.9 Å². The molecule has 0 saturated carbocycles. The lowest BCUT2D eigenvalue weighted by Gasteiger charge is -1.99. The molecule has 0 N–H and O–H groups in total. The third-order valence-electron chi connectivity index (χ3n) is 2.45. The molecule has 0 nitrogen and oxygen atoms in total. The number of rotatable bonds is 2. The summed E-state index contributed by atoms with van der Waals surface area (Å²) in [6, 6.07) is 6.54. The smallest absolute Gasteiger partial charge is 0.0178 e. The summed E-state index contributed by atoms with van der Waals surface area (Å²) in [7, 11) is 0. The van der Waals surface area contributed by atoms with Crippen molar-refractivity contribution in [3.05, 3.63) is 39.4 Å². The zero-order chi connectivity index (χ0) is 9.26. The number of hydrogen-bond acceptors (Lipinski definition) is 0. The van der Waals surface area contributed by atoms with Crippen LogP contribution in [0, 0.1) is 0 Å². The summed E-state index contributed by atoms with van der Waals surface area (Å²) >= 11 is 3.50. The first-order valence-corrected chi connectivity index (χ1v) is 5.57. The van der Waals surface area contributed by atoms with E-state index in [9.17, 15) is 0 Å². The quantitative estimate of drug-likeness (QED) is 0.723. The summed E-state index contributed by atoms with van der Waals surface area (Å²) in [5, 5.41) is 0. The fourth-order valence-corrected chi connectivity index (χ4v) is 2.27. The highest BCUT2D eigenvalue weighted by atomic mass is 79.9. The minimum Gasteiger partial charge on any atom is -0.0652 e. The molecule has 0 saturated heterocycles. The fraction of sp³-hybridized carbons (Fsp3) is 0.333. The van der Waals surface area contributed by atoms with E-state index in [-0.39, 0.29) is 0 Å². The first kappa shape index (κ1) is 9.01. The van der Waals surface area contributed by atoms with Crippen molar-refractivity contribution in [2.45, 2.75) is 26.2 Å². The molecule has 1 aromatic carbocycles. The van der Waals surface area contributed by atoms with Crippen LogP contribution in [-0.2, 0) is 6.42 Å². The summed E-state index contributed by atoms with van der Waals surface area (Å²) < 4.78 is 1.19. The lowest BCUT2D eigenvalue weighted by atomic mass is 10.1. The predicted octanol–water partition coefficient (Wildman–Crippen LogP) is 4.19. The molecule has 0 heterocycles. The maximum Gasteiger partial charge on any atom is 0.0178 e. The Morgan fingerprint density at radius 1 is 1.38 bits per heavy atom. The fourth-order valence-electron chi connectivity index (χ4n) is 1.87. The van der Waals surface area contributed by atoms with E-state index in [0.29, 0.717) is 0 Å². The van der Waals surface area contributed by atoms with Crippen molar-refractivity contribution in [1.82, 2.24) is 0 Å². The summed E-state index contributed by atoms with van der Waals surface area (Å²) in [5.74, 6) is 0. The van der Waals surface area contributed by atoms with E-state index in [4.69, 9.17) is 0 Å². The van der Waals surface area contributed by atoms with Crippen LogP contribution >= 0.6 is 15.9 Å². The SMILES string of the molecule is CCCC1=Cc2ccc(Br)cc2C1. The number of benzene rings is 1. The zero-order valence-electron chi connectivity index (χ0n) is 7.81. The Hall–Kier alpha value is -0.560. The van der Waals surface area contributed by atoms with E-state index in [2.05, 4.69) is 47.1 Å². The van der Waals surface area contributed by atoms with Gasteiger partial charge in [-0.1, -0.05) is 47.0 Å². The first-order chi connectivity index (χ1) is 6.29. The van der Waals surface area contributed by atoms with Gasteiger partial charge in [-0.25, -0.2) is 0 Å². The number of allylic oxidation sites excluding steroid dienone is 1. The van der Waals surface area contributed by atoms with Gasteiger partial charge < -0.3 is 0 Å². The molecule has 0 bridgehead atoms. The number of fused-ring (bicyclic) bond motifs is 1. The number of hydrogen-bond donors (Lipinski definition) is 0. The van der Waals surface area contributed by atoms with Gasteiger partial charge in [0.2, 0.25) is 0 Å². The second-order valence-corrected chi connectivity index (χ2v) is 4.49. The van der Waals surface area contributed by atoms with Gasteiger partial charge in [0, 0.05) is 4.47 Å². The summed E-state index contributed by atoms with van der Waals surface area (Å²) in [5.41, 5.74) is 4.46. The van der Waals surface area contributed by atoms with Crippen molar-refractivity contribution in [2.24, 2.45) is 0 Å². The van der Waals surface area contributed by atoms with E-state index >= 15 is 0 Å². The third kappa shape index (κ3) is 1.86. The number of halogens is 1. The molecular formula is C12H13Br. The average Bonchev–Trinajstić information content (AvgIpc) is 2.46. The molecule has 0 aromatic heterocycles. The lowest BCUT2D eigenvalue weighted by molar-refractivity contribution is 0.886. The van der Waals surface area contributed by atoms with Crippen LogP contribution < -0.4 is 0 Å². The van der Waals surface area contributed by atoms with E-state index in [1.54, 1.807) is 5.57 Å². The first-order valence-electron chi connectivity index (χ1n) is 4.77. The van der Waals surface area contributed by atoms with Gasteiger partial charge in [-0.2, -0.15) is 0 Å². The standard InChI is InChI=1S/C12H13Br/c1-2-3-9-6-10-4-5-12(13)8-11(10)7-9/h4-6,8H,2-3,7H2,1H3. The molecule has 1 aliphatic carbocycles. The Bertz CT molecular complexity index is 350. The van der Waals surface area contributed by atoms with E-state index in [1.165, 1.54) is 28.4 Å². The topological polar surface area (TPSA) is 0 Å². The highest BCUT2D eigenvalue weighted by molar-refractivity contribution is 9.10. The second kappa shape index (κ2) is 3.67. The normalized spacial score (nSPS) is 14.2. The van der Waals surface area contributed by atoms with Crippen molar-refractivity contribution in [1.29, 1.82) is 0 Å². The molecule has 0 aliphatic heterocycles. The predicted molar refractivity (Wildman–Crippen MR) is 60.7 cm³/mol. The molecule has 0 spiro atoms. The Balaban J connectivity index is 2.25. The van der Waals surface area contributed by atoms with E-state index < -0.39 is 0 Å². The summed E-state index contributed by atoms with van der Waals surface area (Å²) in [6.45, 7) is 2.24. The molecule has 0 fully saturated rings. The van der Waals surface area contributed by atoms with Crippen LogP contribution in [0.2, 0.25) is 0 Å². The third-order valence-corrected chi connectivity index (χ3v) is 2.95. The van der Waals surface area contributed by atoms with Crippen LogP contribution in [-0.4, -0.2) is 0 Å². The van der Waals surface area contributed by atoms with Gasteiger partial charge in [0.15, 0.2) is 0 Å². The van der Waals surface area contributed by atoms with Gasteiger partial charge in [-0.3, -0.25) is 0 Å². The van der Waals surface area contributed by atoms with Crippen LogP contribution in [0.5, 0.6) is 0 Å². The largest absolute Gasteiger partial charge is 0.0652 e. The zero-order valence-corrected chi connectivity index (χ0v) is 9.39.